The number of esters is 1. The van der Waals surface area contributed by atoms with Crippen LogP contribution < -0.4 is 10.6 Å². The van der Waals surface area contributed by atoms with Crippen LogP contribution in [0.25, 0.3) is 22.3 Å². The Morgan fingerprint density at radius 3 is 2.50 bits per heavy atom. The number of carbonyl (C=O) groups is 1. The maximum absolute atomic E-state index is 14.7. The van der Waals surface area contributed by atoms with E-state index >= 15 is 0 Å². The average molecular weight is 486 g/mol. The first-order valence-corrected chi connectivity index (χ1v) is 12.1. The number of nitrogens with zero attached hydrogens (tertiary/aromatic N) is 4. The molecule has 7 nitrogen and oxygen atoms in total. The molecule has 0 saturated carbocycles. The van der Waals surface area contributed by atoms with Gasteiger partial charge in [-0.2, -0.15) is 0 Å². The summed E-state index contributed by atoms with van der Waals surface area (Å²) in [5.74, 6) is -0.0934. The normalized spacial score (nSPS) is 19.9. The highest BCUT2D eigenvalue weighted by Gasteiger charge is 2.35. The van der Waals surface area contributed by atoms with Crippen LogP contribution in [0.4, 0.5) is 10.2 Å². The molecule has 184 valence electrons. The van der Waals surface area contributed by atoms with Crippen molar-refractivity contribution in [2.75, 3.05) is 18.0 Å². The van der Waals surface area contributed by atoms with E-state index < -0.39 is 0 Å². The highest BCUT2D eigenvalue weighted by molar-refractivity contribution is 5.89. The summed E-state index contributed by atoms with van der Waals surface area (Å²) in [5.41, 5.74) is 8.75. The van der Waals surface area contributed by atoms with Crippen molar-refractivity contribution in [1.29, 1.82) is 0 Å². The molecule has 2 N–H and O–H groups in total. The van der Waals surface area contributed by atoms with E-state index in [1.807, 2.05) is 55.1 Å². The molecule has 3 aromatic heterocycles. The van der Waals surface area contributed by atoms with Crippen molar-refractivity contribution in [1.82, 2.24) is 15.0 Å². The van der Waals surface area contributed by atoms with Gasteiger partial charge < -0.3 is 15.4 Å². The maximum atomic E-state index is 14.7. The van der Waals surface area contributed by atoms with Gasteiger partial charge in [0, 0.05) is 55.2 Å². The van der Waals surface area contributed by atoms with Crippen molar-refractivity contribution in [3.8, 4) is 11.4 Å². The average Bonchev–Trinajstić information content (AvgIpc) is 2.90. The number of nitrogens with two attached hydrogens (primary N) is 1. The predicted octanol–water partition coefficient (Wildman–Crippen LogP) is 4.61. The predicted molar refractivity (Wildman–Crippen MR) is 137 cm³/mol. The van der Waals surface area contributed by atoms with Crippen LogP contribution in [-0.4, -0.2) is 40.1 Å². The Kier molecular flexibility index (Phi) is 6.61. The van der Waals surface area contributed by atoms with E-state index in [1.165, 1.54) is 12.1 Å². The molecule has 4 heterocycles. The Hall–Kier alpha value is -3.91. The van der Waals surface area contributed by atoms with Gasteiger partial charge in [0.25, 0.3) is 0 Å². The van der Waals surface area contributed by atoms with Crippen molar-refractivity contribution >= 4 is 22.7 Å². The second-order valence-electron chi connectivity index (χ2n) is 9.39. The molecule has 0 radical (unpaired) electrons. The lowest BCUT2D eigenvalue weighted by atomic mass is 9.88. The zero-order valence-corrected chi connectivity index (χ0v) is 20.3. The molecule has 0 bridgehead atoms. The Labute approximate surface area is 209 Å². The highest BCUT2D eigenvalue weighted by atomic mass is 19.1. The van der Waals surface area contributed by atoms with Gasteiger partial charge in [-0.15, -0.1) is 0 Å². The first kappa shape index (κ1) is 23.8. The van der Waals surface area contributed by atoms with E-state index in [0.717, 1.165) is 16.6 Å². The summed E-state index contributed by atoms with van der Waals surface area (Å²) in [7, 11) is 0. The Balaban J connectivity index is 1.37. The topological polar surface area (TPSA) is 94.2 Å². The van der Waals surface area contributed by atoms with Crippen LogP contribution in [0.2, 0.25) is 0 Å². The van der Waals surface area contributed by atoms with Crippen LogP contribution >= 0.6 is 0 Å². The molecule has 1 fully saturated rings. The van der Waals surface area contributed by atoms with Gasteiger partial charge in [0.1, 0.15) is 17.7 Å². The van der Waals surface area contributed by atoms with Crippen LogP contribution in [0, 0.1) is 17.7 Å². The van der Waals surface area contributed by atoms with Gasteiger partial charge in [0.05, 0.1) is 28.2 Å². The molecule has 4 aromatic rings. The fourth-order valence-corrected chi connectivity index (χ4v) is 4.81. The summed E-state index contributed by atoms with van der Waals surface area (Å²) in [6.45, 7) is 5.57. The molecule has 1 saturated heterocycles. The number of ether oxygens (including phenoxy) is 1. The third kappa shape index (κ3) is 4.90. The number of hydrogen-bond acceptors (Lipinski definition) is 7. The van der Waals surface area contributed by atoms with E-state index in [2.05, 4.69) is 9.97 Å². The number of carbonyl (C=O) groups excluding carboxylic acids is 1. The molecule has 36 heavy (non-hydrogen) atoms. The number of benzene rings is 1. The van der Waals surface area contributed by atoms with Gasteiger partial charge in [-0.05, 0) is 30.3 Å². The first-order valence-electron chi connectivity index (χ1n) is 12.1. The van der Waals surface area contributed by atoms with Crippen LogP contribution in [0.3, 0.4) is 0 Å². The van der Waals surface area contributed by atoms with E-state index in [0.29, 0.717) is 42.4 Å². The maximum Gasteiger partial charge on any atom is 0.338 e. The third-order valence-electron chi connectivity index (χ3n) is 6.59. The minimum atomic E-state index is -0.382. The fraction of sp³-hybridized carbons (Fsp3) is 0.286. The molecule has 8 heteroatoms. The third-order valence-corrected chi connectivity index (χ3v) is 6.59. The van der Waals surface area contributed by atoms with Crippen molar-refractivity contribution < 1.29 is 13.9 Å². The van der Waals surface area contributed by atoms with Gasteiger partial charge in [-0.1, -0.05) is 32.0 Å². The van der Waals surface area contributed by atoms with Crippen LogP contribution in [-0.2, 0) is 11.3 Å². The first-order chi connectivity index (χ1) is 17.4. The molecule has 1 unspecified atom stereocenters. The summed E-state index contributed by atoms with van der Waals surface area (Å²) < 4.78 is 20.6. The molecular formula is C28H28FN5O2. The summed E-state index contributed by atoms with van der Waals surface area (Å²) in [4.78, 5) is 28.4. The Morgan fingerprint density at radius 1 is 1.03 bits per heavy atom. The fourth-order valence-electron chi connectivity index (χ4n) is 4.81. The Bertz CT molecular complexity index is 1390. The molecule has 0 aliphatic carbocycles. The molecule has 0 amide bonds. The van der Waals surface area contributed by atoms with E-state index in [4.69, 9.17) is 15.5 Å². The molecule has 5 rings (SSSR count). The van der Waals surface area contributed by atoms with Gasteiger partial charge in [0.15, 0.2) is 0 Å². The number of halogens is 1. The lowest BCUT2D eigenvalue weighted by Gasteiger charge is -2.41. The standard InChI is InChI=1S/C28H28FN5O2/c1-17-15-34(16-18(2)27(17)36-28(35)19-6-4-3-5-7-19)26-11-21(29)10-25(33-26)23-9-8-20-14-31-22(13-30)12-24(20)32-23/h3-12,14,17-18,27H,13,15-16,30H2,1-2H3/t17-,18+,27?. The number of rotatable bonds is 5. The summed E-state index contributed by atoms with van der Waals surface area (Å²) in [6, 6.07) is 17.4. The summed E-state index contributed by atoms with van der Waals surface area (Å²) in [6.07, 6.45) is 1.49. The monoisotopic (exact) mass is 485 g/mol. The van der Waals surface area contributed by atoms with Crippen molar-refractivity contribution in [2.45, 2.75) is 26.5 Å². The lowest BCUT2D eigenvalue weighted by Crippen LogP contribution is -2.49. The SMILES string of the molecule is C[C@@H]1CN(c2cc(F)cc(-c3ccc4cnc(CN)cc4n3)n2)C[C@H](C)C1OC(=O)c1ccccc1. The number of anilines is 1. The van der Waals surface area contributed by atoms with Gasteiger partial charge in [-0.3, -0.25) is 4.98 Å². The minimum absolute atomic E-state index is 0.0379. The smallest absolute Gasteiger partial charge is 0.338 e. The molecule has 1 aliphatic rings. The van der Waals surface area contributed by atoms with Gasteiger partial charge in [0.2, 0.25) is 0 Å². The number of aromatic nitrogens is 3. The van der Waals surface area contributed by atoms with Crippen LogP contribution in [0.15, 0.2) is 66.9 Å². The molecule has 1 aromatic carbocycles. The largest absolute Gasteiger partial charge is 0.458 e. The Morgan fingerprint density at radius 2 is 1.78 bits per heavy atom. The number of hydrogen-bond donors (Lipinski definition) is 1. The van der Waals surface area contributed by atoms with Crippen LogP contribution in [0.5, 0.6) is 0 Å². The van der Waals surface area contributed by atoms with Gasteiger partial charge in [-0.25, -0.2) is 19.2 Å². The van der Waals surface area contributed by atoms with Crippen molar-refractivity contribution in [3.05, 3.63) is 83.9 Å². The quantitative estimate of drug-likeness (QED) is 0.413. The molecule has 0 spiro atoms. The lowest BCUT2D eigenvalue weighted by molar-refractivity contribution is -0.00720. The van der Waals surface area contributed by atoms with Crippen LogP contribution in [0.1, 0.15) is 29.9 Å². The molecule has 3 atom stereocenters. The van der Waals surface area contributed by atoms with E-state index in [-0.39, 0.29) is 29.7 Å². The zero-order chi connectivity index (χ0) is 25.2. The minimum Gasteiger partial charge on any atom is -0.458 e. The second kappa shape index (κ2) is 9.99. The van der Waals surface area contributed by atoms with Crippen molar-refractivity contribution in [2.24, 2.45) is 17.6 Å². The highest BCUT2D eigenvalue weighted by Crippen LogP contribution is 2.31. The molecule has 1 aliphatic heterocycles. The number of pyridine rings is 3. The summed E-state index contributed by atoms with van der Waals surface area (Å²) >= 11 is 0. The van der Waals surface area contributed by atoms with E-state index in [1.54, 1.807) is 18.3 Å². The number of piperidine rings is 1. The van der Waals surface area contributed by atoms with E-state index in [9.17, 15) is 9.18 Å². The second-order valence-corrected chi connectivity index (χ2v) is 9.39. The van der Waals surface area contributed by atoms with Gasteiger partial charge >= 0.3 is 5.97 Å². The zero-order valence-electron chi connectivity index (χ0n) is 20.3. The summed E-state index contributed by atoms with van der Waals surface area (Å²) in [5, 5.41) is 0.877. The van der Waals surface area contributed by atoms with Crippen molar-refractivity contribution in [3.63, 3.8) is 0 Å². The molecular weight excluding hydrogens is 457 g/mol. The number of fused-ring (bicyclic) bond motifs is 1.